The molecule has 0 aliphatic heterocycles. The Balaban J connectivity index is 0.00000300. The number of methoxy groups -OCH3 is 1. The minimum atomic E-state index is 0. The fourth-order valence-electron chi connectivity index (χ4n) is 2.84. The van der Waals surface area contributed by atoms with E-state index in [1.165, 1.54) is 0 Å². The second-order valence-corrected chi connectivity index (χ2v) is 6.32. The van der Waals surface area contributed by atoms with E-state index in [-0.39, 0.29) is 24.0 Å². The Labute approximate surface area is 188 Å². The molecule has 0 atom stereocenters. The number of nitrogens with one attached hydrogen (secondary N) is 1. The second kappa shape index (κ2) is 10.7. The van der Waals surface area contributed by atoms with Crippen molar-refractivity contribution in [3.05, 3.63) is 77.6 Å². The number of aliphatic imine (C=N–C) groups is 1. The molecule has 1 heterocycles. The topological polar surface area (TPSA) is 81.8 Å². The maximum atomic E-state index is 6.05. The molecule has 0 aliphatic rings. The van der Waals surface area contributed by atoms with Crippen molar-refractivity contribution in [3.8, 4) is 17.2 Å². The van der Waals surface area contributed by atoms with Gasteiger partial charge in [-0.3, -0.25) is 4.98 Å². The van der Waals surface area contributed by atoms with Gasteiger partial charge in [0.15, 0.2) is 5.96 Å². The van der Waals surface area contributed by atoms with Crippen LogP contribution in [0.4, 0.5) is 5.69 Å². The van der Waals surface area contributed by atoms with Crippen molar-refractivity contribution in [1.82, 2.24) is 4.98 Å². The molecule has 0 aliphatic carbocycles. The maximum Gasteiger partial charge on any atom is 0.193 e. The van der Waals surface area contributed by atoms with Crippen LogP contribution in [0.5, 0.6) is 17.2 Å². The van der Waals surface area contributed by atoms with E-state index in [9.17, 15) is 0 Å². The minimum Gasteiger partial charge on any atom is -0.496 e. The van der Waals surface area contributed by atoms with Gasteiger partial charge < -0.3 is 20.5 Å². The summed E-state index contributed by atoms with van der Waals surface area (Å²) >= 11 is 0. The standard InChI is InChI=1S/C22H24N4O2.HI/c1-15-13-24-20(16(2)21(15)27-3)14-25-22(23)26-17-8-7-11-19(12-17)28-18-9-5-4-6-10-18;/h4-13H,14H2,1-3H3,(H3,23,25,26);1H. The quantitative estimate of drug-likeness (QED) is 0.279. The number of guanidine groups is 1. The first kappa shape index (κ1) is 22.5. The van der Waals surface area contributed by atoms with Crippen LogP contribution >= 0.6 is 24.0 Å². The molecule has 6 nitrogen and oxygen atoms in total. The highest BCUT2D eigenvalue weighted by Gasteiger charge is 2.09. The molecule has 0 saturated heterocycles. The van der Waals surface area contributed by atoms with Gasteiger partial charge in [0.05, 0.1) is 19.3 Å². The van der Waals surface area contributed by atoms with Gasteiger partial charge in [0.25, 0.3) is 0 Å². The summed E-state index contributed by atoms with van der Waals surface area (Å²) in [6.45, 7) is 4.30. The van der Waals surface area contributed by atoms with E-state index in [2.05, 4.69) is 15.3 Å². The third kappa shape index (κ3) is 6.08. The van der Waals surface area contributed by atoms with Gasteiger partial charge in [0.2, 0.25) is 0 Å². The van der Waals surface area contributed by atoms with E-state index in [1.807, 2.05) is 68.4 Å². The number of pyridine rings is 1. The summed E-state index contributed by atoms with van der Waals surface area (Å²) in [5, 5.41) is 3.09. The lowest BCUT2D eigenvalue weighted by Crippen LogP contribution is -2.22. The summed E-state index contributed by atoms with van der Waals surface area (Å²) in [6, 6.07) is 17.2. The Morgan fingerprint density at radius 1 is 1.07 bits per heavy atom. The molecule has 3 N–H and O–H groups in total. The van der Waals surface area contributed by atoms with E-state index in [0.29, 0.717) is 18.3 Å². The second-order valence-electron chi connectivity index (χ2n) is 6.32. The molecular weight excluding hydrogens is 479 g/mol. The zero-order chi connectivity index (χ0) is 19.9. The number of ether oxygens (including phenoxy) is 2. The number of nitrogens with two attached hydrogens (primary N) is 1. The number of para-hydroxylation sites is 1. The van der Waals surface area contributed by atoms with Crippen molar-refractivity contribution in [2.45, 2.75) is 20.4 Å². The Morgan fingerprint density at radius 3 is 2.52 bits per heavy atom. The van der Waals surface area contributed by atoms with Crippen molar-refractivity contribution in [2.75, 3.05) is 12.4 Å². The summed E-state index contributed by atoms with van der Waals surface area (Å²) in [5.41, 5.74) is 9.63. The van der Waals surface area contributed by atoms with Gasteiger partial charge in [-0.05, 0) is 38.1 Å². The zero-order valence-corrected chi connectivity index (χ0v) is 19.0. The smallest absolute Gasteiger partial charge is 0.193 e. The minimum absolute atomic E-state index is 0. The third-order valence-electron chi connectivity index (χ3n) is 4.23. The average molecular weight is 504 g/mol. The van der Waals surface area contributed by atoms with Crippen LogP contribution in [0.25, 0.3) is 0 Å². The van der Waals surface area contributed by atoms with E-state index in [1.54, 1.807) is 13.3 Å². The summed E-state index contributed by atoms with van der Waals surface area (Å²) in [4.78, 5) is 8.83. The van der Waals surface area contributed by atoms with Crippen molar-refractivity contribution in [2.24, 2.45) is 10.7 Å². The van der Waals surface area contributed by atoms with Crippen LogP contribution in [0.1, 0.15) is 16.8 Å². The average Bonchev–Trinajstić information content (AvgIpc) is 2.69. The molecule has 0 unspecified atom stereocenters. The van der Waals surface area contributed by atoms with Gasteiger partial charge >= 0.3 is 0 Å². The van der Waals surface area contributed by atoms with E-state index in [0.717, 1.165) is 34.0 Å². The molecule has 152 valence electrons. The van der Waals surface area contributed by atoms with Crippen molar-refractivity contribution < 1.29 is 9.47 Å². The molecule has 0 amide bonds. The summed E-state index contributed by atoms with van der Waals surface area (Å²) in [7, 11) is 1.66. The lowest BCUT2D eigenvalue weighted by atomic mass is 10.1. The number of halogens is 1. The summed E-state index contributed by atoms with van der Waals surface area (Å²) in [6.07, 6.45) is 1.78. The van der Waals surface area contributed by atoms with Crippen LogP contribution in [-0.4, -0.2) is 18.1 Å². The lowest BCUT2D eigenvalue weighted by Gasteiger charge is -2.12. The molecule has 7 heteroatoms. The van der Waals surface area contributed by atoms with Crippen LogP contribution in [-0.2, 0) is 6.54 Å². The normalized spacial score (nSPS) is 10.8. The first-order chi connectivity index (χ1) is 13.6. The molecule has 29 heavy (non-hydrogen) atoms. The number of benzene rings is 2. The highest BCUT2D eigenvalue weighted by atomic mass is 127. The summed E-state index contributed by atoms with van der Waals surface area (Å²) in [5.74, 6) is 2.62. The molecule has 0 saturated carbocycles. The number of aryl methyl sites for hydroxylation is 1. The molecule has 0 fully saturated rings. The number of aromatic nitrogens is 1. The molecule has 2 aromatic carbocycles. The number of rotatable bonds is 6. The lowest BCUT2D eigenvalue weighted by molar-refractivity contribution is 0.407. The number of hydrogen-bond donors (Lipinski definition) is 2. The van der Waals surface area contributed by atoms with E-state index >= 15 is 0 Å². The summed E-state index contributed by atoms with van der Waals surface area (Å²) < 4.78 is 11.3. The first-order valence-electron chi connectivity index (χ1n) is 8.96. The molecule has 0 spiro atoms. The molecular formula is C22H25IN4O2. The van der Waals surface area contributed by atoms with Crippen molar-refractivity contribution >= 4 is 35.6 Å². The highest BCUT2D eigenvalue weighted by molar-refractivity contribution is 14.0. The Hall–Kier alpha value is -2.81. The molecule has 3 rings (SSSR count). The largest absolute Gasteiger partial charge is 0.496 e. The Morgan fingerprint density at radius 2 is 1.79 bits per heavy atom. The maximum absolute atomic E-state index is 6.05. The van der Waals surface area contributed by atoms with E-state index in [4.69, 9.17) is 15.2 Å². The van der Waals surface area contributed by atoms with Crippen LogP contribution < -0.4 is 20.5 Å². The van der Waals surface area contributed by atoms with Gasteiger partial charge in [-0.1, -0.05) is 24.3 Å². The van der Waals surface area contributed by atoms with Gasteiger partial charge in [-0.25, -0.2) is 4.99 Å². The number of nitrogens with zero attached hydrogens (tertiary/aromatic N) is 2. The molecule has 0 bridgehead atoms. The predicted molar refractivity (Wildman–Crippen MR) is 128 cm³/mol. The molecule has 0 radical (unpaired) electrons. The van der Waals surface area contributed by atoms with Gasteiger partial charge in [0.1, 0.15) is 17.2 Å². The third-order valence-corrected chi connectivity index (χ3v) is 4.23. The van der Waals surface area contributed by atoms with Gasteiger partial charge in [-0.2, -0.15) is 0 Å². The SMILES string of the molecule is COc1c(C)cnc(CN=C(N)Nc2cccc(Oc3ccccc3)c2)c1C.I. The molecule has 1 aromatic heterocycles. The molecule has 3 aromatic rings. The number of hydrogen-bond acceptors (Lipinski definition) is 4. The Bertz CT molecular complexity index is 978. The van der Waals surface area contributed by atoms with Crippen molar-refractivity contribution in [1.29, 1.82) is 0 Å². The Kier molecular flexibility index (Phi) is 8.26. The van der Waals surface area contributed by atoms with Crippen LogP contribution in [0, 0.1) is 13.8 Å². The zero-order valence-electron chi connectivity index (χ0n) is 16.7. The highest BCUT2D eigenvalue weighted by Crippen LogP contribution is 2.25. The van der Waals surface area contributed by atoms with Crippen molar-refractivity contribution in [3.63, 3.8) is 0 Å². The van der Waals surface area contributed by atoms with Crippen LogP contribution in [0.15, 0.2) is 65.8 Å². The first-order valence-corrected chi connectivity index (χ1v) is 8.96. The fourth-order valence-corrected chi connectivity index (χ4v) is 2.84. The van der Waals surface area contributed by atoms with Gasteiger partial charge in [0, 0.05) is 29.1 Å². The monoisotopic (exact) mass is 504 g/mol. The predicted octanol–water partition coefficient (Wildman–Crippen LogP) is 5.04. The van der Waals surface area contributed by atoms with Crippen LogP contribution in [0.3, 0.4) is 0 Å². The van der Waals surface area contributed by atoms with Crippen LogP contribution in [0.2, 0.25) is 0 Å². The van der Waals surface area contributed by atoms with Gasteiger partial charge in [-0.15, -0.1) is 24.0 Å². The number of anilines is 1. The van der Waals surface area contributed by atoms with E-state index < -0.39 is 0 Å². The fraction of sp³-hybridized carbons (Fsp3) is 0.182.